The molecule has 7 nitrogen and oxygen atoms in total. The first-order chi connectivity index (χ1) is 14.2. The van der Waals surface area contributed by atoms with Crippen LogP contribution in [-0.2, 0) is 0 Å². The maximum Gasteiger partial charge on any atom is 0.257 e. The van der Waals surface area contributed by atoms with E-state index in [2.05, 4.69) is 15.3 Å². The van der Waals surface area contributed by atoms with Crippen LogP contribution in [0.25, 0.3) is 22.6 Å². The first-order valence-electron chi connectivity index (χ1n) is 8.66. The molecule has 0 aliphatic carbocycles. The van der Waals surface area contributed by atoms with Gasteiger partial charge in [-0.1, -0.05) is 12.1 Å². The molecule has 1 N–H and O–H groups in total. The number of amides is 1. The number of nitrogens with one attached hydrogen (secondary N) is 1. The largest absolute Gasteiger partial charge is 0.497 e. The first kappa shape index (κ1) is 18.7. The summed E-state index contributed by atoms with van der Waals surface area (Å²) in [6, 6.07) is 12.6. The third-order valence-electron chi connectivity index (χ3n) is 4.27. The zero-order valence-corrected chi connectivity index (χ0v) is 16.5. The molecule has 2 heterocycles. The average Bonchev–Trinajstić information content (AvgIpc) is 3.46. The van der Waals surface area contributed by atoms with Crippen LogP contribution in [0.15, 0.2) is 64.9 Å². The van der Waals surface area contributed by atoms with Gasteiger partial charge in [0.15, 0.2) is 17.3 Å². The Morgan fingerprint density at radius 3 is 2.62 bits per heavy atom. The SMILES string of the molecule is COc1ccc(OC)c(-c2csc(NC(=O)c3ccc(-c4cnco4)cc3)n2)c1. The standard InChI is InChI=1S/C21H17N3O4S/c1-26-15-7-8-18(27-2)16(9-15)17-11-29-21(23-17)24-20(25)14-5-3-13(4-6-14)19-10-22-12-28-19/h3-12H,1-2H3,(H,23,24,25). The van der Waals surface area contributed by atoms with Gasteiger partial charge in [0.2, 0.25) is 0 Å². The number of ether oxygens (including phenoxy) is 2. The summed E-state index contributed by atoms with van der Waals surface area (Å²) in [5.41, 5.74) is 2.85. The molecule has 2 aromatic carbocycles. The molecule has 0 fully saturated rings. The van der Waals surface area contributed by atoms with Gasteiger partial charge in [-0.2, -0.15) is 0 Å². The normalized spacial score (nSPS) is 10.6. The van der Waals surface area contributed by atoms with E-state index in [0.29, 0.717) is 33.6 Å². The van der Waals surface area contributed by atoms with E-state index in [1.165, 1.54) is 17.7 Å². The molecule has 0 radical (unpaired) electrons. The Balaban J connectivity index is 1.51. The van der Waals surface area contributed by atoms with Crippen LogP contribution in [0.1, 0.15) is 10.4 Å². The number of benzene rings is 2. The molecular formula is C21H17N3O4S. The summed E-state index contributed by atoms with van der Waals surface area (Å²) >= 11 is 1.34. The summed E-state index contributed by atoms with van der Waals surface area (Å²) in [4.78, 5) is 21.0. The van der Waals surface area contributed by atoms with Crippen molar-refractivity contribution < 1.29 is 18.7 Å². The molecule has 0 spiro atoms. The Morgan fingerprint density at radius 2 is 1.93 bits per heavy atom. The first-order valence-corrected chi connectivity index (χ1v) is 9.54. The zero-order chi connectivity index (χ0) is 20.2. The van der Waals surface area contributed by atoms with Crippen LogP contribution in [0.4, 0.5) is 5.13 Å². The molecule has 2 aromatic heterocycles. The Hall–Kier alpha value is -3.65. The number of thiazole rings is 1. The summed E-state index contributed by atoms with van der Waals surface area (Å²) in [5, 5.41) is 5.18. The molecule has 146 valence electrons. The van der Waals surface area contributed by atoms with Crippen LogP contribution in [0.2, 0.25) is 0 Å². The lowest BCUT2D eigenvalue weighted by Gasteiger charge is -2.08. The average molecular weight is 407 g/mol. The molecule has 0 aliphatic rings. The molecule has 0 saturated heterocycles. The van der Waals surface area contributed by atoms with Gasteiger partial charge in [-0.05, 0) is 30.3 Å². The summed E-state index contributed by atoms with van der Waals surface area (Å²) in [5.74, 6) is 1.78. The van der Waals surface area contributed by atoms with Gasteiger partial charge >= 0.3 is 0 Å². The lowest BCUT2D eigenvalue weighted by Crippen LogP contribution is -2.11. The minimum atomic E-state index is -0.243. The van der Waals surface area contributed by atoms with E-state index in [1.54, 1.807) is 32.5 Å². The van der Waals surface area contributed by atoms with Crippen molar-refractivity contribution in [1.29, 1.82) is 0 Å². The van der Waals surface area contributed by atoms with Gasteiger partial charge in [-0.25, -0.2) is 9.97 Å². The molecule has 4 aromatic rings. The van der Waals surface area contributed by atoms with Crippen molar-refractivity contribution >= 4 is 22.4 Å². The molecule has 0 aliphatic heterocycles. The predicted octanol–water partition coefficient (Wildman–Crippen LogP) is 4.73. The van der Waals surface area contributed by atoms with E-state index < -0.39 is 0 Å². The van der Waals surface area contributed by atoms with Crippen molar-refractivity contribution in [2.24, 2.45) is 0 Å². The zero-order valence-electron chi connectivity index (χ0n) is 15.7. The number of hydrogen-bond donors (Lipinski definition) is 1. The van der Waals surface area contributed by atoms with Crippen LogP contribution < -0.4 is 14.8 Å². The minimum Gasteiger partial charge on any atom is -0.497 e. The van der Waals surface area contributed by atoms with E-state index >= 15 is 0 Å². The fourth-order valence-corrected chi connectivity index (χ4v) is 3.49. The van der Waals surface area contributed by atoms with Gasteiger partial charge in [-0.3, -0.25) is 10.1 Å². The summed E-state index contributed by atoms with van der Waals surface area (Å²) in [6.45, 7) is 0. The van der Waals surface area contributed by atoms with E-state index in [4.69, 9.17) is 13.9 Å². The summed E-state index contributed by atoms with van der Waals surface area (Å²) in [6.07, 6.45) is 2.99. The van der Waals surface area contributed by atoms with Crippen molar-refractivity contribution in [2.75, 3.05) is 19.5 Å². The number of oxazole rings is 1. The monoisotopic (exact) mass is 407 g/mol. The highest BCUT2D eigenvalue weighted by molar-refractivity contribution is 7.14. The second-order valence-electron chi connectivity index (χ2n) is 6.00. The number of carbonyl (C=O) groups is 1. The van der Waals surface area contributed by atoms with Gasteiger partial charge in [0.1, 0.15) is 11.5 Å². The lowest BCUT2D eigenvalue weighted by molar-refractivity contribution is 0.102. The molecule has 0 unspecified atom stereocenters. The number of anilines is 1. The number of rotatable bonds is 6. The smallest absolute Gasteiger partial charge is 0.257 e. The minimum absolute atomic E-state index is 0.243. The van der Waals surface area contributed by atoms with Gasteiger partial charge in [0.05, 0.1) is 26.1 Å². The van der Waals surface area contributed by atoms with Crippen molar-refractivity contribution in [3.05, 3.63) is 66.0 Å². The third kappa shape index (κ3) is 3.97. The summed E-state index contributed by atoms with van der Waals surface area (Å²) < 4.78 is 15.9. The number of hydrogen-bond acceptors (Lipinski definition) is 7. The quantitative estimate of drug-likeness (QED) is 0.497. The van der Waals surface area contributed by atoms with E-state index in [0.717, 1.165) is 11.1 Å². The number of aromatic nitrogens is 2. The van der Waals surface area contributed by atoms with Crippen molar-refractivity contribution in [2.45, 2.75) is 0 Å². The van der Waals surface area contributed by atoms with Gasteiger partial charge in [0, 0.05) is 22.1 Å². The Labute approximate surface area is 171 Å². The van der Waals surface area contributed by atoms with Crippen molar-refractivity contribution in [3.63, 3.8) is 0 Å². The van der Waals surface area contributed by atoms with Gasteiger partial charge in [0.25, 0.3) is 5.91 Å². The number of nitrogens with zero attached hydrogens (tertiary/aromatic N) is 2. The highest BCUT2D eigenvalue weighted by atomic mass is 32.1. The fourth-order valence-electron chi connectivity index (χ4n) is 2.78. The number of carbonyl (C=O) groups excluding carboxylic acids is 1. The number of methoxy groups -OCH3 is 2. The molecule has 0 atom stereocenters. The molecule has 8 heteroatoms. The third-order valence-corrected chi connectivity index (χ3v) is 5.03. The molecule has 29 heavy (non-hydrogen) atoms. The van der Waals surface area contributed by atoms with E-state index in [9.17, 15) is 4.79 Å². The van der Waals surface area contributed by atoms with Crippen LogP contribution in [0.5, 0.6) is 11.5 Å². The van der Waals surface area contributed by atoms with Crippen LogP contribution in [0.3, 0.4) is 0 Å². The second-order valence-corrected chi connectivity index (χ2v) is 6.86. The Morgan fingerprint density at radius 1 is 1.10 bits per heavy atom. The van der Waals surface area contributed by atoms with Crippen LogP contribution in [0, 0.1) is 0 Å². The second kappa shape index (κ2) is 8.15. The molecule has 1 amide bonds. The van der Waals surface area contributed by atoms with Crippen molar-refractivity contribution in [3.8, 4) is 34.1 Å². The Kier molecular flexibility index (Phi) is 5.26. The highest BCUT2D eigenvalue weighted by Crippen LogP contribution is 2.35. The van der Waals surface area contributed by atoms with Crippen LogP contribution in [-0.4, -0.2) is 30.1 Å². The Bertz CT molecular complexity index is 1120. The molecular weight excluding hydrogens is 390 g/mol. The molecule has 0 bridgehead atoms. The molecule has 4 rings (SSSR count). The van der Waals surface area contributed by atoms with E-state index in [1.807, 2.05) is 35.7 Å². The van der Waals surface area contributed by atoms with Crippen LogP contribution >= 0.6 is 11.3 Å². The maximum absolute atomic E-state index is 12.6. The highest BCUT2D eigenvalue weighted by Gasteiger charge is 2.14. The topological polar surface area (TPSA) is 86.5 Å². The van der Waals surface area contributed by atoms with E-state index in [-0.39, 0.29) is 5.91 Å². The summed E-state index contributed by atoms with van der Waals surface area (Å²) in [7, 11) is 3.20. The fraction of sp³-hybridized carbons (Fsp3) is 0.0952. The van der Waals surface area contributed by atoms with Crippen molar-refractivity contribution in [1.82, 2.24) is 9.97 Å². The molecule has 0 saturated carbocycles. The lowest BCUT2D eigenvalue weighted by atomic mass is 10.1. The van der Waals surface area contributed by atoms with Gasteiger partial charge in [-0.15, -0.1) is 11.3 Å². The maximum atomic E-state index is 12.6. The predicted molar refractivity (Wildman–Crippen MR) is 111 cm³/mol. The van der Waals surface area contributed by atoms with Gasteiger partial charge < -0.3 is 13.9 Å².